The number of amides is 1. The fourth-order valence-corrected chi connectivity index (χ4v) is 2.52. The molecule has 0 bridgehead atoms. The van der Waals surface area contributed by atoms with Crippen molar-refractivity contribution in [3.8, 4) is 5.75 Å². The van der Waals surface area contributed by atoms with Crippen molar-refractivity contribution in [3.05, 3.63) is 29.8 Å². The third-order valence-corrected chi connectivity index (χ3v) is 3.62. The van der Waals surface area contributed by atoms with Crippen LogP contribution in [0.15, 0.2) is 24.3 Å². The number of likely N-dealkylation sites (tertiary alicyclic amines) is 1. The lowest BCUT2D eigenvalue weighted by molar-refractivity contribution is -0.142. The maximum Gasteiger partial charge on any atom is 0.320 e. The first kappa shape index (κ1) is 18.3. The summed E-state index contributed by atoms with van der Waals surface area (Å²) in [6.07, 6.45) is 1.43. The van der Waals surface area contributed by atoms with Gasteiger partial charge in [0.1, 0.15) is 11.8 Å². The highest BCUT2D eigenvalue weighted by atomic mass is 35.5. The van der Waals surface area contributed by atoms with Crippen LogP contribution < -0.4 is 10.1 Å². The van der Waals surface area contributed by atoms with Gasteiger partial charge in [-0.1, -0.05) is 12.1 Å². The molecule has 1 amide bonds. The van der Waals surface area contributed by atoms with Crippen LogP contribution in [0.25, 0.3) is 0 Å². The number of carbonyl (C=O) groups excluding carboxylic acids is 1. The minimum atomic E-state index is -0.854. The Balaban J connectivity index is 0.00000242. The highest BCUT2D eigenvalue weighted by molar-refractivity contribution is 5.85. The number of aliphatic carboxylic acids is 1. The standard InChI is InChI=1S/C15H20N2O4.ClH/c1-21-12-5-2-4-11(8-12)9-16-14(18)10-17-7-3-6-13(17)15(19)20;/h2,4-5,8,13H,3,6-7,9-10H2,1H3,(H,16,18)(H,19,20);1H/t13-;/m1./s1. The number of hydrogen-bond donors (Lipinski definition) is 2. The molecule has 0 aromatic heterocycles. The average molecular weight is 329 g/mol. The first-order valence-electron chi connectivity index (χ1n) is 6.96. The van der Waals surface area contributed by atoms with Crippen molar-refractivity contribution >= 4 is 24.3 Å². The van der Waals surface area contributed by atoms with Crippen molar-refractivity contribution in [1.82, 2.24) is 10.2 Å². The summed E-state index contributed by atoms with van der Waals surface area (Å²) in [6.45, 7) is 1.19. The topological polar surface area (TPSA) is 78.9 Å². The zero-order valence-electron chi connectivity index (χ0n) is 12.4. The summed E-state index contributed by atoms with van der Waals surface area (Å²) < 4.78 is 5.12. The lowest BCUT2D eigenvalue weighted by Gasteiger charge is -2.20. The molecule has 1 atom stereocenters. The van der Waals surface area contributed by atoms with E-state index in [0.717, 1.165) is 17.7 Å². The second-order valence-electron chi connectivity index (χ2n) is 5.09. The molecular weight excluding hydrogens is 308 g/mol. The van der Waals surface area contributed by atoms with E-state index in [1.54, 1.807) is 12.0 Å². The predicted octanol–water partition coefficient (Wildman–Crippen LogP) is 1.28. The molecule has 22 heavy (non-hydrogen) atoms. The highest BCUT2D eigenvalue weighted by Crippen LogP contribution is 2.16. The number of ether oxygens (including phenoxy) is 1. The first-order valence-corrected chi connectivity index (χ1v) is 6.96. The van der Waals surface area contributed by atoms with E-state index in [-0.39, 0.29) is 24.9 Å². The minimum absolute atomic E-state index is 0. The molecule has 1 heterocycles. The molecule has 2 N–H and O–H groups in total. The number of carbonyl (C=O) groups is 2. The van der Waals surface area contributed by atoms with E-state index >= 15 is 0 Å². The number of nitrogens with zero attached hydrogens (tertiary/aromatic N) is 1. The van der Waals surface area contributed by atoms with Crippen molar-refractivity contribution in [2.75, 3.05) is 20.2 Å². The van der Waals surface area contributed by atoms with Gasteiger partial charge in [-0.25, -0.2) is 0 Å². The molecule has 1 fully saturated rings. The lowest BCUT2D eigenvalue weighted by atomic mass is 10.2. The van der Waals surface area contributed by atoms with E-state index in [4.69, 9.17) is 9.84 Å². The summed E-state index contributed by atoms with van der Waals surface area (Å²) in [7, 11) is 1.59. The third-order valence-electron chi connectivity index (χ3n) is 3.62. The Morgan fingerprint density at radius 1 is 1.45 bits per heavy atom. The number of halogens is 1. The summed E-state index contributed by atoms with van der Waals surface area (Å²) in [5, 5.41) is 11.9. The van der Waals surface area contributed by atoms with Crippen molar-refractivity contribution in [1.29, 1.82) is 0 Å². The molecule has 0 radical (unpaired) electrons. The van der Waals surface area contributed by atoms with E-state index in [1.165, 1.54) is 0 Å². The van der Waals surface area contributed by atoms with Gasteiger partial charge in [-0.3, -0.25) is 14.5 Å². The predicted molar refractivity (Wildman–Crippen MR) is 84.3 cm³/mol. The van der Waals surface area contributed by atoms with Gasteiger partial charge in [-0.15, -0.1) is 12.4 Å². The van der Waals surface area contributed by atoms with Gasteiger partial charge >= 0.3 is 5.97 Å². The fourth-order valence-electron chi connectivity index (χ4n) is 2.52. The van der Waals surface area contributed by atoms with Crippen molar-refractivity contribution in [2.24, 2.45) is 0 Å². The van der Waals surface area contributed by atoms with Crippen LogP contribution in [0, 0.1) is 0 Å². The van der Waals surface area contributed by atoms with Crippen molar-refractivity contribution in [3.63, 3.8) is 0 Å². The Kier molecular flexibility index (Phi) is 7.14. The summed E-state index contributed by atoms with van der Waals surface area (Å²) in [5.74, 6) is -0.272. The number of methoxy groups -OCH3 is 1. The maximum atomic E-state index is 11.9. The Morgan fingerprint density at radius 3 is 2.91 bits per heavy atom. The van der Waals surface area contributed by atoms with Gasteiger partial charge in [0.15, 0.2) is 0 Å². The molecule has 0 spiro atoms. The van der Waals surface area contributed by atoms with Crippen LogP contribution in [0.2, 0.25) is 0 Å². The number of carboxylic acids is 1. The Labute approximate surface area is 135 Å². The van der Waals surface area contributed by atoms with Gasteiger partial charge in [0.2, 0.25) is 5.91 Å². The van der Waals surface area contributed by atoms with E-state index in [0.29, 0.717) is 19.5 Å². The van der Waals surface area contributed by atoms with Gasteiger partial charge < -0.3 is 15.2 Å². The first-order chi connectivity index (χ1) is 10.1. The number of carboxylic acid groups (broad SMARTS) is 1. The Bertz CT molecular complexity index is 524. The van der Waals surface area contributed by atoms with Crippen LogP contribution in [0.3, 0.4) is 0 Å². The Morgan fingerprint density at radius 2 is 2.23 bits per heavy atom. The molecular formula is C15H21ClN2O4. The summed E-state index contributed by atoms with van der Waals surface area (Å²) >= 11 is 0. The van der Waals surface area contributed by atoms with E-state index < -0.39 is 12.0 Å². The molecule has 0 aliphatic carbocycles. The lowest BCUT2D eigenvalue weighted by Crippen LogP contribution is -2.42. The second-order valence-corrected chi connectivity index (χ2v) is 5.09. The molecule has 1 aromatic rings. The van der Waals surface area contributed by atoms with Gasteiger partial charge in [-0.2, -0.15) is 0 Å². The summed E-state index contributed by atoms with van der Waals surface area (Å²) in [4.78, 5) is 24.7. The number of benzene rings is 1. The van der Waals surface area contributed by atoms with E-state index in [1.807, 2.05) is 24.3 Å². The third kappa shape index (κ3) is 4.89. The molecule has 1 aromatic carbocycles. The molecule has 2 rings (SSSR count). The van der Waals surface area contributed by atoms with Crippen molar-refractivity contribution in [2.45, 2.75) is 25.4 Å². The van der Waals surface area contributed by atoms with Gasteiger partial charge in [0.25, 0.3) is 0 Å². The number of hydrogen-bond acceptors (Lipinski definition) is 4. The van der Waals surface area contributed by atoms with Crippen LogP contribution in [0.4, 0.5) is 0 Å². The summed E-state index contributed by atoms with van der Waals surface area (Å²) in [6, 6.07) is 6.93. The average Bonchev–Trinajstić information content (AvgIpc) is 2.93. The molecule has 0 unspecified atom stereocenters. The van der Waals surface area contributed by atoms with Crippen LogP contribution in [-0.4, -0.2) is 48.1 Å². The Hall–Kier alpha value is -1.79. The highest BCUT2D eigenvalue weighted by Gasteiger charge is 2.31. The molecule has 6 nitrogen and oxygen atoms in total. The molecule has 0 saturated carbocycles. The molecule has 7 heteroatoms. The second kappa shape index (κ2) is 8.60. The quantitative estimate of drug-likeness (QED) is 0.822. The van der Waals surface area contributed by atoms with Crippen LogP contribution in [0.1, 0.15) is 18.4 Å². The molecule has 1 saturated heterocycles. The fraction of sp³-hybridized carbons (Fsp3) is 0.467. The largest absolute Gasteiger partial charge is 0.497 e. The van der Waals surface area contributed by atoms with E-state index in [2.05, 4.69) is 5.32 Å². The summed E-state index contributed by atoms with van der Waals surface area (Å²) in [5.41, 5.74) is 0.943. The molecule has 1 aliphatic rings. The number of nitrogens with one attached hydrogen (secondary N) is 1. The van der Waals surface area contributed by atoms with Crippen molar-refractivity contribution < 1.29 is 19.4 Å². The minimum Gasteiger partial charge on any atom is -0.497 e. The normalized spacial score (nSPS) is 17.6. The smallest absolute Gasteiger partial charge is 0.320 e. The monoisotopic (exact) mass is 328 g/mol. The SMILES string of the molecule is COc1cccc(CNC(=O)CN2CCC[C@@H]2C(=O)O)c1.Cl. The molecule has 122 valence electrons. The number of rotatable bonds is 6. The van der Waals surface area contributed by atoms with Gasteiger partial charge in [0, 0.05) is 6.54 Å². The van der Waals surface area contributed by atoms with Gasteiger partial charge in [-0.05, 0) is 37.1 Å². The van der Waals surface area contributed by atoms with Gasteiger partial charge in [0.05, 0.1) is 13.7 Å². The van der Waals surface area contributed by atoms with Crippen LogP contribution in [0.5, 0.6) is 5.75 Å². The van der Waals surface area contributed by atoms with Crippen LogP contribution in [-0.2, 0) is 16.1 Å². The maximum absolute atomic E-state index is 11.9. The zero-order valence-corrected chi connectivity index (χ0v) is 13.3. The van der Waals surface area contributed by atoms with Crippen LogP contribution >= 0.6 is 12.4 Å². The molecule has 1 aliphatic heterocycles. The van der Waals surface area contributed by atoms with E-state index in [9.17, 15) is 9.59 Å². The zero-order chi connectivity index (χ0) is 15.2.